The minimum absolute atomic E-state index is 0.249. The molecule has 0 unspecified atom stereocenters. The summed E-state index contributed by atoms with van der Waals surface area (Å²) in [7, 11) is 0. The Labute approximate surface area is 163 Å². The number of ether oxygens (including phenoxy) is 3. The molecular weight excluding hydrogens is 344 g/mol. The first-order valence-corrected chi connectivity index (χ1v) is 10.2. The third kappa shape index (κ3) is 9.45. The molecule has 0 fully saturated rings. The Bertz CT molecular complexity index is 520. The molecule has 0 aliphatic carbocycles. The molecule has 0 radical (unpaired) electrons. The van der Waals surface area contributed by atoms with Crippen molar-refractivity contribution in [3.8, 4) is 5.75 Å². The van der Waals surface area contributed by atoms with Gasteiger partial charge in [-0.05, 0) is 50.8 Å². The van der Waals surface area contributed by atoms with Crippen molar-refractivity contribution in [1.82, 2.24) is 0 Å². The number of unbranched alkanes of at least 4 members (excludes halogenated alkanes) is 4. The molecule has 0 bridgehead atoms. The lowest BCUT2D eigenvalue weighted by Gasteiger charge is -2.14. The standard InChI is InChI=1S/C22H34O5/c1-4-7-8-9-10-17-27-19-14-11-18(12-15-19)13-16-20(21(23)25-5-2)22(24)26-6-3/h11-12,14-15,20H,4-10,13,16-17H2,1-3H3. The van der Waals surface area contributed by atoms with Crippen LogP contribution in [0.1, 0.15) is 64.9 Å². The van der Waals surface area contributed by atoms with Gasteiger partial charge in [-0.25, -0.2) is 0 Å². The van der Waals surface area contributed by atoms with Crippen LogP contribution in [0.15, 0.2) is 24.3 Å². The molecule has 152 valence electrons. The summed E-state index contributed by atoms with van der Waals surface area (Å²) in [5.41, 5.74) is 1.05. The van der Waals surface area contributed by atoms with Crippen LogP contribution in [0, 0.1) is 5.92 Å². The van der Waals surface area contributed by atoms with E-state index < -0.39 is 17.9 Å². The summed E-state index contributed by atoms with van der Waals surface area (Å²) in [6.45, 7) is 6.89. The van der Waals surface area contributed by atoms with Gasteiger partial charge in [0, 0.05) is 0 Å². The van der Waals surface area contributed by atoms with Gasteiger partial charge in [0.1, 0.15) is 5.75 Å². The van der Waals surface area contributed by atoms with E-state index in [1.165, 1.54) is 25.7 Å². The second-order valence-electron chi connectivity index (χ2n) is 6.50. The summed E-state index contributed by atoms with van der Waals surface area (Å²) < 4.78 is 15.8. The molecular formula is C22H34O5. The fourth-order valence-electron chi connectivity index (χ4n) is 2.78. The molecule has 0 saturated carbocycles. The van der Waals surface area contributed by atoms with E-state index in [1.54, 1.807) is 13.8 Å². The summed E-state index contributed by atoms with van der Waals surface area (Å²) >= 11 is 0. The lowest BCUT2D eigenvalue weighted by molar-refractivity contribution is -0.161. The number of hydrogen-bond acceptors (Lipinski definition) is 5. The maximum atomic E-state index is 12.0. The van der Waals surface area contributed by atoms with Crippen molar-refractivity contribution in [2.45, 2.75) is 65.7 Å². The molecule has 0 aliphatic heterocycles. The minimum Gasteiger partial charge on any atom is -0.494 e. The highest BCUT2D eigenvalue weighted by Crippen LogP contribution is 2.18. The van der Waals surface area contributed by atoms with E-state index in [9.17, 15) is 9.59 Å². The monoisotopic (exact) mass is 378 g/mol. The van der Waals surface area contributed by atoms with Crippen molar-refractivity contribution in [3.63, 3.8) is 0 Å². The van der Waals surface area contributed by atoms with Gasteiger partial charge >= 0.3 is 11.9 Å². The quantitative estimate of drug-likeness (QED) is 0.266. The van der Waals surface area contributed by atoms with E-state index >= 15 is 0 Å². The van der Waals surface area contributed by atoms with Crippen LogP contribution in [0.3, 0.4) is 0 Å². The van der Waals surface area contributed by atoms with E-state index in [-0.39, 0.29) is 13.2 Å². The molecule has 5 nitrogen and oxygen atoms in total. The number of rotatable bonds is 14. The molecule has 0 aliphatic rings. The largest absolute Gasteiger partial charge is 0.494 e. The van der Waals surface area contributed by atoms with Crippen LogP contribution in [0.2, 0.25) is 0 Å². The zero-order chi connectivity index (χ0) is 19.9. The number of hydrogen-bond donors (Lipinski definition) is 0. The van der Waals surface area contributed by atoms with Crippen molar-refractivity contribution in [2.75, 3.05) is 19.8 Å². The number of carbonyl (C=O) groups excluding carboxylic acids is 2. The summed E-state index contributed by atoms with van der Waals surface area (Å²) in [4.78, 5) is 24.0. The minimum atomic E-state index is -0.871. The van der Waals surface area contributed by atoms with Crippen molar-refractivity contribution in [1.29, 1.82) is 0 Å². The van der Waals surface area contributed by atoms with Crippen molar-refractivity contribution in [2.24, 2.45) is 5.92 Å². The van der Waals surface area contributed by atoms with Gasteiger partial charge in [-0.3, -0.25) is 9.59 Å². The number of carbonyl (C=O) groups is 2. The normalized spacial score (nSPS) is 10.7. The predicted molar refractivity (Wildman–Crippen MR) is 106 cm³/mol. The second-order valence-corrected chi connectivity index (χ2v) is 6.50. The van der Waals surface area contributed by atoms with Crippen LogP contribution in [0.4, 0.5) is 0 Å². The molecule has 0 atom stereocenters. The number of esters is 2. The molecule has 0 aromatic heterocycles. The van der Waals surface area contributed by atoms with E-state index in [1.807, 2.05) is 24.3 Å². The molecule has 0 heterocycles. The van der Waals surface area contributed by atoms with Crippen molar-refractivity contribution < 1.29 is 23.8 Å². The Morgan fingerprint density at radius 1 is 0.852 bits per heavy atom. The third-order valence-electron chi connectivity index (χ3n) is 4.30. The molecule has 1 aromatic rings. The van der Waals surface area contributed by atoms with Gasteiger partial charge in [0.2, 0.25) is 0 Å². The van der Waals surface area contributed by atoms with E-state index in [0.29, 0.717) is 12.8 Å². The SMILES string of the molecule is CCCCCCCOc1ccc(CCC(C(=O)OCC)C(=O)OCC)cc1. The average Bonchev–Trinajstić information content (AvgIpc) is 2.66. The Hall–Kier alpha value is -2.04. The average molecular weight is 379 g/mol. The summed E-state index contributed by atoms with van der Waals surface area (Å²) in [6.07, 6.45) is 7.04. The van der Waals surface area contributed by atoms with Gasteiger partial charge in [-0.2, -0.15) is 0 Å². The van der Waals surface area contributed by atoms with Crippen molar-refractivity contribution >= 4 is 11.9 Å². The molecule has 0 amide bonds. The van der Waals surface area contributed by atoms with Gasteiger partial charge in [0.05, 0.1) is 19.8 Å². The first-order valence-electron chi connectivity index (χ1n) is 10.2. The lowest BCUT2D eigenvalue weighted by Crippen LogP contribution is -2.28. The molecule has 0 N–H and O–H groups in total. The first kappa shape index (κ1) is 23.0. The Morgan fingerprint density at radius 3 is 2.00 bits per heavy atom. The fourth-order valence-corrected chi connectivity index (χ4v) is 2.78. The third-order valence-corrected chi connectivity index (χ3v) is 4.30. The highest BCUT2D eigenvalue weighted by molar-refractivity contribution is 5.94. The van der Waals surface area contributed by atoms with Crippen LogP contribution >= 0.6 is 0 Å². The highest BCUT2D eigenvalue weighted by Gasteiger charge is 2.29. The van der Waals surface area contributed by atoms with E-state index in [2.05, 4.69) is 6.92 Å². The molecule has 1 rings (SSSR count). The zero-order valence-electron chi connectivity index (χ0n) is 17.0. The zero-order valence-corrected chi connectivity index (χ0v) is 17.0. The smallest absolute Gasteiger partial charge is 0.320 e. The first-order chi connectivity index (χ1) is 13.1. The molecule has 0 spiro atoms. The van der Waals surface area contributed by atoms with Crippen LogP contribution in [0.5, 0.6) is 5.75 Å². The maximum absolute atomic E-state index is 12.0. The van der Waals surface area contributed by atoms with E-state index in [4.69, 9.17) is 14.2 Å². The number of aryl methyl sites for hydroxylation is 1. The van der Waals surface area contributed by atoms with Crippen LogP contribution < -0.4 is 4.74 Å². The fraction of sp³-hybridized carbons (Fsp3) is 0.636. The Kier molecular flexibility index (Phi) is 12.0. The molecule has 0 saturated heterocycles. The molecule has 1 aromatic carbocycles. The highest BCUT2D eigenvalue weighted by atomic mass is 16.6. The van der Waals surface area contributed by atoms with Crippen LogP contribution in [-0.4, -0.2) is 31.8 Å². The van der Waals surface area contributed by atoms with Gasteiger partial charge in [-0.15, -0.1) is 0 Å². The molecule has 5 heteroatoms. The predicted octanol–water partition coefficient (Wildman–Crippen LogP) is 4.71. The summed E-state index contributed by atoms with van der Waals surface area (Å²) in [5.74, 6) is -1.05. The summed E-state index contributed by atoms with van der Waals surface area (Å²) in [6, 6.07) is 7.82. The maximum Gasteiger partial charge on any atom is 0.320 e. The van der Waals surface area contributed by atoms with Gasteiger partial charge < -0.3 is 14.2 Å². The topological polar surface area (TPSA) is 61.8 Å². The lowest BCUT2D eigenvalue weighted by atomic mass is 9.99. The van der Waals surface area contributed by atoms with Crippen molar-refractivity contribution in [3.05, 3.63) is 29.8 Å². The van der Waals surface area contributed by atoms with E-state index in [0.717, 1.165) is 24.3 Å². The Balaban J connectivity index is 2.45. The van der Waals surface area contributed by atoms with Gasteiger partial charge in [0.15, 0.2) is 5.92 Å². The van der Waals surface area contributed by atoms with Gasteiger partial charge in [0.25, 0.3) is 0 Å². The number of benzene rings is 1. The second kappa shape index (κ2) is 14.1. The molecule has 27 heavy (non-hydrogen) atoms. The summed E-state index contributed by atoms with van der Waals surface area (Å²) in [5, 5.41) is 0. The van der Waals surface area contributed by atoms with Gasteiger partial charge in [-0.1, -0.05) is 44.7 Å². The van der Waals surface area contributed by atoms with Crippen LogP contribution in [0.25, 0.3) is 0 Å². The Morgan fingerprint density at radius 2 is 1.44 bits per heavy atom. The van der Waals surface area contributed by atoms with Crippen LogP contribution in [-0.2, 0) is 25.5 Å².